The lowest BCUT2D eigenvalue weighted by Gasteiger charge is -2.41. The average Bonchev–Trinajstić information content (AvgIpc) is 2.73. The zero-order valence-corrected chi connectivity index (χ0v) is 17.3. The Bertz CT molecular complexity index is 1090. The van der Waals surface area contributed by atoms with Crippen LogP contribution in [0.5, 0.6) is 5.75 Å². The van der Waals surface area contributed by atoms with Crippen LogP contribution in [-0.2, 0) is 11.3 Å². The van der Waals surface area contributed by atoms with E-state index in [1.165, 1.54) is 28.8 Å². The summed E-state index contributed by atoms with van der Waals surface area (Å²) in [6, 6.07) is 2.13. The lowest BCUT2D eigenvalue weighted by atomic mass is 10.0. The fourth-order valence-electron chi connectivity index (χ4n) is 3.76. The first-order chi connectivity index (χ1) is 14.7. The maximum Gasteiger partial charge on any atom is 0.274 e. The second kappa shape index (κ2) is 8.84. The molecule has 2 heterocycles. The predicted molar refractivity (Wildman–Crippen MR) is 107 cm³/mol. The molecule has 0 radical (unpaired) electrons. The average molecular weight is 435 g/mol. The summed E-state index contributed by atoms with van der Waals surface area (Å²) in [5.74, 6) is -3.83. The molecular weight excluding hydrogens is 412 g/mol. The first-order valence-electron chi connectivity index (χ1n) is 9.71. The number of likely N-dealkylation sites (N-methyl/N-ethyl adjacent to an activating group) is 1. The maximum atomic E-state index is 13.8. The summed E-state index contributed by atoms with van der Waals surface area (Å²) in [4.78, 5) is 39.6. The standard InChI is InChI=1S/C21H23F2N3O5/c1-4-25-16(10-31-3)11(2)26-9-14(18(27)19(28)17(26)21(25)30)20(29)24-8-12-5-6-13(22)7-15(12)23/h5-7,9,11,16,28H,4,8,10H2,1-3H3,(H,24,29)/t11-,16-/m1/s1. The minimum atomic E-state index is -1.01. The number of carbonyl (C=O) groups is 2. The molecule has 0 fully saturated rings. The fourth-order valence-corrected chi connectivity index (χ4v) is 3.76. The molecular formula is C21H23F2N3O5. The van der Waals surface area contributed by atoms with Gasteiger partial charge in [-0.2, -0.15) is 0 Å². The number of halogens is 2. The number of ether oxygens (including phenoxy) is 1. The summed E-state index contributed by atoms with van der Waals surface area (Å²) in [7, 11) is 1.50. The van der Waals surface area contributed by atoms with Gasteiger partial charge in [-0.05, 0) is 19.9 Å². The van der Waals surface area contributed by atoms with Crippen LogP contribution in [0, 0.1) is 11.6 Å². The van der Waals surface area contributed by atoms with E-state index >= 15 is 0 Å². The van der Waals surface area contributed by atoms with Gasteiger partial charge in [0.2, 0.25) is 5.43 Å². The molecule has 1 aromatic heterocycles. The molecule has 8 nitrogen and oxygen atoms in total. The first-order valence-corrected chi connectivity index (χ1v) is 9.71. The summed E-state index contributed by atoms with van der Waals surface area (Å²) >= 11 is 0. The van der Waals surface area contributed by atoms with Crippen LogP contribution in [0.15, 0.2) is 29.2 Å². The third kappa shape index (κ3) is 4.02. The first kappa shape index (κ1) is 22.4. The van der Waals surface area contributed by atoms with Gasteiger partial charge in [0.1, 0.15) is 17.2 Å². The summed E-state index contributed by atoms with van der Waals surface area (Å²) in [6.07, 6.45) is 1.21. The number of hydrogen-bond acceptors (Lipinski definition) is 5. The van der Waals surface area contributed by atoms with Crippen LogP contribution in [0.25, 0.3) is 0 Å². The number of rotatable bonds is 6. The van der Waals surface area contributed by atoms with Crippen molar-refractivity contribution in [1.82, 2.24) is 14.8 Å². The number of carbonyl (C=O) groups excluding carboxylic acids is 2. The molecule has 2 amide bonds. The van der Waals surface area contributed by atoms with E-state index < -0.39 is 46.2 Å². The number of nitrogens with zero attached hydrogens (tertiary/aromatic N) is 2. The van der Waals surface area contributed by atoms with Crippen molar-refractivity contribution in [2.45, 2.75) is 32.5 Å². The zero-order chi connectivity index (χ0) is 22.9. The van der Waals surface area contributed by atoms with E-state index in [4.69, 9.17) is 4.74 Å². The molecule has 0 bridgehead atoms. The van der Waals surface area contributed by atoms with Crippen molar-refractivity contribution in [2.75, 3.05) is 20.3 Å². The van der Waals surface area contributed by atoms with Crippen molar-refractivity contribution in [2.24, 2.45) is 0 Å². The van der Waals surface area contributed by atoms with Crippen LogP contribution in [0.2, 0.25) is 0 Å². The van der Waals surface area contributed by atoms with Crippen LogP contribution < -0.4 is 10.7 Å². The van der Waals surface area contributed by atoms with Crippen LogP contribution in [0.1, 0.15) is 46.3 Å². The number of methoxy groups -OCH3 is 1. The Morgan fingerprint density at radius 1 is 1.29 bits per heavy atom. The van der Waals surface area contributed by atoms with Gasteiger partial charge in [-0.1, -0.05) is 6.07 Å². The molecule has 0 spiro atoms. The Labute approximate surface area is 177 Å². The van der Waals surface area contributed by atoms with Gasteiger partial charge in [0, 0.05) is 38.0 Å². The van der Waals surface area contributed by atoms with Crippen molar-refractivity contribution in [3.63, 3.8) is 0 Å². The highest BCUT2D eigenvalue weighted by atomic mass is 19.1. The van der Waals surface area contributed by atoms with Crippen molar-refractivity contribution in [1.29, 1.82) is 0 Å². The number of fused-ring (bicyclic) bond motifs is 1. The van der Waals surface area contributed by atoms with Crippen LogP contribution in [0.3, 0.4) is 0 Å². The molecule has 10 heteroatoms. The third-order valence-corrected chi connectivity index (χ3v) is 5.45. The quantitative estimate of drug-likeness (QED) is 0.721. The second-order valence-electron chi connectivity index (χ2n) is 7.25. The lowest BCUT2D eigenvalue weighted by Crippen LogP contribution is -2.53. The highest BCUT2D eigenvalue weighted by molar-refractivity contribution is 5.99. The molecule has 2 aromatic rings. The summed E-state index contributed by atoms with van der Waals surface area (Å²) in [5, 5.41) is 12.8. The van der Waals surface area contributed by atoms with Gasteiger partial charge in [-0.25, -0.2) is 8.78 Å². The second-order valence-corrected chi connectivity index (χ2v) is 7.25. The Morgan fingerprint density at radius 3 is 2.61 bits per heavy atom. The normalized spacial score (nSPS) is 18.1. The van der Waals surface area contributed by atoms with Gasteiger partial charge in [0.25, 0.3) is 11.8 Å². The molecule has 166 valence electrons. The Hall–Kier alpha value is -3.27. The van der Waals surface area contributed by atoms with Gasteiger partial charge in [0.15, 0.2) is 11.4 Å². The third-order valence-electron chi connectivity index (χ3n) is 5.45. The highest BCUT2D eigenvalue weighted by Crippen LogP contribution is 2.30. The van der Waals surface area contributed by atoms with E-state index in [2.05, 4.69) is 5.32 Å². The molecule has 3 rings (SSSR count). The van der Waals surface area contributed by atoms with Gasteiger partial charge in [-0.15, -0.1) is 0 Å². The highest BCUT2D eigenvalue weighted by Gasteiger charge is 2.39. The van der Waals surface area contributed by atoms with E-state index in [1.807, 2.05) is 0 Å². The number of hydrogen-bond donors (Lipinski definition) is 2. The van der Waals surface area contributed by atoms with Crippen LogP contribution in [0.4, 0.5) is 8.78 Å². The summed E-state index contributed by atoms with van der Waals surface area (Å²) in [6.45, 7) is 3.82. The Balaban J connectivity index is 1.96. The van der Waals surface area contributed by atoms with Gasteiger partial charge >= 0.3 is 0 Å². The number of pyridine rings is 1. The van der Waals surface area contributed by atoms with Crippen LogP contribution >= 0.6 is 0 Å². The smallest absolute Gasteiger partial charge is 0.274 e. The van der Waals surface area contributed by atoms with E-state index in [9.17, 15) is 28.3 Å². The van der Waals surface area contributed by atoms with E-state index in [-0.39, 0.29) is 30.5 Å². The number of aromatic hydroxyl groups is 1. The summed E-state index contributed by atoms with van der Waals surface area (Å²) < 4.78 is 33.4. The molecule has 1 aromatic carbocycles. The molecule has 1 aliphatic heterocycles. The number of aromatic nitrogens is 1. The minimum absolute atomic E-state index is 0.0272. The number of nitrogens with one attached hydrogen (secondary N) is 1. The number of benzene rings is 1. The zero-order valence-electron chi connectivity index (χ0n) is 17.3. The van der Waals surface area contributed by atoms with E-state index in [0.717, 1.165) is 6.07 Å². The van der Waals surface area contributed by atoms with E-state index in [0.29, 0.717) is 12.6 Å². The fraction of sp³-hybridized carbons (Fsp3) is 0.381. The summed E-state index contributed by atoms with van der Waals surface area (Å²) in [5.41, 5.74) is -1.58. The minimum Gasteiger partial charge on any atom is -0.503 e. The molecule has 0 saturated carbocycles. The van der Waals surface area contributed by atoms with E-state index in [1.54, 1.807) is 13.8 Å². The topological polar surface area (TPSA) is 101 Å². The SMILES string of the molecule is CCN1C(=O)c2c(O)c(=O)c(C(=O)NCc3ccc(F)cc3F)cn2[C@H](C)[C@H]1COC. The predicted octanol–water partition coefficient (Wildman–Crippen LogP) is 1.81. The van der Waals surface area contributed by atoms with Crippen LogP contribution in [-0.4, -0.2) is 52.7 Å². The van der Waals surface area contributed by atoms with Crippen molar-refractivity contribution >= 4 is 11.8 Å². The number of amides is 2. The maximum absolute atomic E-state index is 13.8. The van der Waals surface area contributed by atoms with Crippen molar-refractivity contribution in [3.8, 4) is 5.75 Å². The Morgan fingerprint density at radius 2 is 2.00 bits per heavy atom. The van der Waals surface area contributed by atoms with Crippen molar-refractivity contribution in [3.05, 3.63) is 63.1 Å². The molecule has 31 heavy (non-hydrogen) atoms. The van der Waals surface area contributed by atoms with Gasteiger partial charge < -0.3 is 24.6 Å². The lowest BCUT2D eigenvalue weighted by molar-refractivity contribution is 0.0327. The largest absolute Gasteiger partial charge is 0.503 e. The molecule has 0 aliphatic carbocycles. The van der Waals surface area contributed by atoms with Gasteiger partial charge in [0.05, 0.1) is 18.7 Å². The van der Waals surface area contributed by atoms with Gasteiger partial charge in [-0.3, -0.25) is 14.4 Å². The molecule has 1 aliphatic rings. The molecule has 0 saturated heterocycles. The molecule has 0 unspecified atom stereocenters. The molecule has 2 N–H and O–H groups in total. The molecule has 2 atom stereocenters. The Kier molecular flexibility index (Phi) is 6.40. The monoisotopic (exact) mass is 435 g/mol. The van der Waals surface area contributed by atoms with Crippen molar-refractivity contribution < 1.29 is 28.2 Å².